The first kappa shape index (κ1) is 16.0. The second-order valence-corrected chi connectivity index (χ2v) is 7.37. The van der Waals surface area contributed by atoms with Crippen molar-refractivity contribution in [1.82, 2.24) is 10.2 Å². The van der Waals surface area contributed by atoms with Crippen molar-refractivity contribution in [3.05, 3.63) is 0 Å². The number of hydrogen-bond acceptors (Lipinski definition) is 3. The van der Waals surface area contributed by atoms with Crippen LogP contribution in [-0.2, 0) is 4.74 Å². The molecule has 4 nitrogen and oxygen atoms in total. The summed E-state index contributed by atoms with van der Waals surface area (Å²) in [5.74, 6) is 1.86. The summed E-state index contributed by atoms with van der Waals surface area (Å²) in [6.07, 6.45) is 7.12. The highest BCUT2D eigenvalue weighted by molar-refractivity contribution is 8.00. The van der Waals surface area contributed by atoms with Gasteiger partial charge in [-0.05, 0) is 37.9 Å². The third kappa shape index (κ3) is 4.04. The summed E-state index contributed by atoms with van der Waals surface area (Å²) in [7, 11) is 1.90. The van der Waals surface area contributed by atoms with Crippen molar-refractivity contribution in [3.63, 3.8) is 0 Å². The van der Waals surface area contributed by atoms with Gasteiger partial charge in [-0.3, -0.25) is 4.99 Å². The highest BCUT2D eigenvalue weighted by Crippen LogP contribution is 2.33. The maximum Gasteiger partial charge on any atom is 0.193 e. The summed E-state index contributed by atoms with van der Waals surface area (Å²) in [6, 6.07) is 0. The van der Waals surface area contributed by atoms with Gasteiger partial charge in [-0.25, -0.2) is 0 Å². The normalized spacial score (nSPS) is 27.4. The van der Waals surface area contributed by atoms with Crippen LogP contribution in [0.25, 0.3) is 0 Å². The fourth-order valence-electron chi connectivity index (χ4n) is 3.15. The third-order valence-corrected chi connectivity index (χ3v) is 5.99. The van der Waals surface area contributed by atoms with Gasteiger partial charge in [0.1, 0.15) is 0 Å². The molecule has 0 amide bonds. The van der Waals surface area contributed by atoms with Crippen LogP contribution in [0.2, 0.25) is 0 Å². The Morgan fingerprint density at radius 3 is 2.80 bits per heavy atom. The van der Waals surface area contributed by atoms with E-state index in [1.54, 1.807) is 0 Å². The zero-order chi connectivity index (χ0) is 14.4. The lowest BCUT2D eigenvalue weighted by atomic mass is 9.98. The minimum atomic E-state index is 0.315. The van der Waals surface area contributed by atoms with Gasteiger partial charge in [0.2, 0.25) is 0 Å². The quantitative estimate of drug-likeness (QED) is 0.640. The molecule has 2 fully saturated rings. The Morgan fingerprint density at radius 1 is 1.45 bits per heavy atom. The second kappa shape index (κ2) is 7.55. The summed E-state index contributed by atoms with van der Waals surface area (Å²) in [5, 5.41) is 3.62. The van der Waals surface area contributed by atoms with Gasteiger partial charge in [-0.2, -0.15) is 11.8 Å². The lowest BCUT2D eigenvalue weighted by Crippen LogP contribution is -2.51. The number of rotatable bonds is 3. The highest BCUT2D eigenvalue weighted by Gasteiger charge is 2.32. The van der Waals surface area contributed by atoms with E-state index in [0.717, 1.165) is 57.6 Å². The first-order valence-electron chi connectivity index (χ1n) is 7.77. The molecule has 0 aromatic heterocycles. The van der Waals surface area contributed by atoms with E-state index in [1.807, 2.05) is 18.8 Å². The summed E-state index contributed by atoms with van der Waals surface area (Å²) in [4.78, 5) is 6.91. The van der Waals surface area contributed by atoms with Gasteiger partial charge < -0.3 is 15.0 Å². The van der Waals surface area contributed by atoms with Crippen molar-refractivity contribution in [2.45, 2.75) is 37.4 Å². The smallest absolute Gasteiger partial charge is 0.193 e. The molecule has 5 heteroatoms. The van der Waals surface area contributed by atoms with E-state index in [-0.39, 0.29) is 0 Å². The molecule has 20 heavy (non-hydrogen) atoms. The van der Waals surface area contributed by atoms with Gasteiger partial charge in [-0.1, -0.05) is 6.92 Å². The summed E-state index contributed by atoms with van der Waals surface area (Å²) in [5.41, 5.74) is 0. The standard InChI is InChI=1S/C15H29N3OS/c1-13-5-4-8-18(11-13)14(16-2)17-12-15(20-3)6-9-19-10-7-15/h13H,4-12H2,1-3H3,(H,16,17). The molecule has 0 aromatic carbocycles. The van der Waals surface area contributed by atoms with Crippen molar-refractivity contribution < 1.29 is 4.74 Å². The zero-order valence-electron chi connectivity index (χ0n) is 13.2. The van der Waals surface area contributed by atoms with E-state index >= 15 is 0 Å². The predicted octanol–water partition coefficient (Wildman–Crippen LogP) is 2.21. The van der Waals surface area contributed by atoms with Crippen LogP contribution in [0.4, 0.5) is 0 Å². The van der Waals surface area contributed by atoms with Crippen molar-refractivity contribution in [2.75, 3.05) is 46.2 Å². The maximum atomic E-state index is 5.51. The summed E-state index contributed by atoms with van der Waals surface area (Å²) < 4.78 is 5.82. The van der Waals surface area contributed by atoms with Crippen molar-refractivity contribution >= 4 is 17.7 Å². The molecular formula is C15H29N3OS. The van der Waals surface area contributed by atoms with Gasteiger partial charge >= 0.3 is 0 Å². The molecule has 0 bridgehead atoms. The molecule has 0 saturated carbocycles. The Morgan fingerprint density at radius 2 is 2.20 bits per heavy atom. The summed E-state index contributed by atoms with van der Waals surface area (Å²) >= 11 is 1.98. The number of likely N-dealkylation sites (tertiary alicyclic amines) is 1. The molecule has 0 radical (unpaired) electrons. The first-order valence-corrected chi connectivity index (χ1v) is 9.00. The predicted molar refractivity (Wildman–Crippen MR) is 87.6 cm³/mol. The molecule has 0 spiro atoms. The van der Waals surface area contributed by atoms with E-state index in [4.69, 9.17) is 4.74 Å². The molecule has 1 N–H and O–H groups in total. The molecule has 2 aliphatic rings. The maximum absolute atomic E-state index is 5.51. The zero-order valence-corrected chi connectivity index (χ0v) is 14.0. The second-order valence-electron chi connectivity index (χ2n) is 6.09. The number of nitrogens with zero attached hydrogens (tertiary/aromatic N) is 2. The van der Waals surface area contributed by atoms with Gasteiger partial charge in [0, 0.05) is 44.6 Å². The molecule has 116 valence electrons. The third-order valence-electron chi connectivity index (χ3n) is 4.57. The molecular weight excluding hydrogens is 270 g/mol. The van der Waals surface area contributed by atoms with Gasteiger partial charge in [0.05, 0.1) is 0 Å². The molecule has 2 aliphatic heterocycles. The largest absolute Gasteiger partial charge is 0.381 e. The lowest BCUT2D eigenvalue weighted by Gasteiger charge is -2.38. The summed E-state index contributed by atoms with van der Waals surface area (Å²) in [6.45, 7) is 7.38. The number of guanidine groups is 1. The fourth-order valence-corrected chi connectivity index (χ4v) is 3.94. The molecule has 0 aliphatic carbocycles. The van der Waals surface area contributed by atoms with Crippen LogP contribution in [0.1, 0.15) is 32.6 Å². The van der Waals surface area contributed by atoms with Crippen LogP contribution in [0.5, 0.6) is 0 Å². The minimum absolute atomic E-state index is 0.315. The van der Waals surface area contributed by atoms with Crippen LogP contribution in [0.3, 0.4) is 0 Å². The van der Waals surface area contributed by atoms with Gasteiger partial charge in [0.25, 0.3) is 0 Å². The van der Waals surface area contributed by atoms with E-state index in [1.165, 1.54) is 12.8 Å². The van der Waals surface area contributed by atoms with Gasteiger partial charge in [0.15, 0.2) is 5.96 Å². The molecule has 0 aromatic rings. The number of hydrogen-bond donors (Lipinski definition) is 1. The number of thioether (sulfide) groups is 1. The van der Waals surface area contributed by atoms with Crippen molar-refractivity contribution in [3.8, 4) is 0 Å². The van der Waals surface area contributed by atoms with Crippen molar-refractivity contribution in [1.29, 1.82) is 0 Å². The average molecular weight is 299 g/mol. The average Bonchev–Trinajstić information content (AvgIpc) is 2.49. The van der Waals surface area contributed by atoms with E-state index in [9.17, 15) is 0 Å². The monoisotopic (exact) mass is 299 g/mol. The first-order chi connectivity index (χ1) is 9.69. The SMILES string of the molecule is CN=C(NCC1(SC)CCOCC1)N1CCCC(C)C1. The van der Waals surface area contributed by atoms with Crippen LogP contribution < -0.4 is 5.32 Å². The van der Waals surface area contributed by atoms with E-state index in [0.29, 0.717) is 4.75 Å². The minimum Gasteiger partial charge on any atom is -0.381 e. The van der Waals surface area contributed by atoms with E-state index < -0.39 is 0 Å². The molecule has 1 unspecified atom stereocenters. The fraction of sp³-hybridized carbons (Fsp3) is 0.933. The van der Waals surface area contributed by atoms with E-state index in [2.05, 4.69) is 28.4 Å². The molecule has 1 atom stereocenters. The molecule has 2 rings (SSSR count). The topological polar surface area (TPSA) is 36.9 Å². The van der Waals surface area contributed by atoms with Crippen LogP contribution in [0.15, 0.2) is 4.99 Å². The Kier molecular flexibility index (Phi) is 6.02. The Bertz CT molecular complexity index is 329. The molecule has 2 heterocycles. The van der Waals surface area contributed by atoms with Crippen molar-refractivity contribution in [2.24, 2.45) is 10.9 Å². The molecule has 2 saturated heterocycles. The van der Waals surface area contributed by atoms with Crippen LogP contribution in [-0.4, -0.2) is 61.8 Å². The Labute approximate surface area is 127 Å². The highest BCUT2D eigenvalue weighted by atomic mass is 32.2. The number of nitrogens with one attached hydrogen (secondary N) is 1. The lowest BCUT2D eigenvalue weighted by molar-refractivity contribution is 0.0780. The van der Waals surface area contributed by atoms with Crippen LogP contribution >= 0.6 is 11.8 Å². The Hall–Kier alpha value is -0.420. The number of aliphatic imine (C=N–C) groups is 1. The number of piperidine rings is 1. The van der Waals surface area contributed by atoms with Gasteiger partial charge in [-0.15, -0.1) is 0 Å². The number of ether oxygens (including phenoxy) is 1. The van der Waals surface area contributed by atoms with Crippen LogP contribution in [0, 0.1) is 5.92 Å². The Balaban J connectivity index is 1.89.